The van der Waals surface area contributed by atoms with E-state index in [2.05, 4.69) is 53.4 Å². The van der Waals surface area contributed by atoms with Crippen molar-refractivity contribution in [3.63, 3.8) is 0 Å². The van der Waals surface area contributed by atoms with E-state index < -0.39 is 0 Å². The maximum absolute atomic E-state index is 11.6. The monoisotopic (exact) mass is 279 g/mol. The van der Waals surface area contributed by atoms with E-state index in [1.54, 1.807) is 0 Å². The molecule has 1 atom stereocenters. The normalized spacial score (nSPS) is 17.8. The summed E-state index contributed by atoms with van der Waals surface area (Å²) in [5.41, 5.74) is 2.61. The van der Waals surface area contributed by atoms with Gasteiger partial charge >= 0.3 is 0 Å². The van der Waals surface area contributed by atoms with E-state index in [1.165, 1.54) is 11.1 Å². The Morgan fingerprint density at radius 3 is 1.76 bits per heavy atom. The molecule has 108 valence electrons. The van der Waals surface area contributed by atoms with Gasteiger partial charge in [-0.05, 0) is 17.5 Å². The first-order chi connectivity index (χ1) is 10.3. The van der Waals surface area contributed by atoms with Gasteiger partial charge in [0.25, 0.3) is 0 Å². The van der Waals surface area contributed by atoms with Crippen LogP contribution < -0.4 is 0 Å². The maximum atomic E-state index is 11.6. The van der Waals surface area contributed by atoms with Crippen molar-refractivity contribution in [1.82, 2.24) is 4.90 Å². The second-order valence-electron chi connectivity index (χ2n) is 5.84. The van der Waals surface area contributed by atoms with E-state index in [1.807, 2.05) is 12.1 Å². The molecule has 1 aliphatic rings. The zero-order valence-corrected chi connectivity index (χ0v) is 12.2. The second kappa shape index (κ2) is 6.68. The zero-order valence-electron chi connectivity index (χ0n) is 12.2. The van der Waals surface area contributed by atoms with Crippen LogP contribution in [0.4, 0.5) is 0 Å². The Bertz CT molecular complexity index is 538. The van der Waals surface area contributed by atoms with Crippen molar-refractivity contribution in [3.05, 3.63) is 71.8 Å². The molecule has 0 saturated heterocycles. The molecule has 1 saturated carbocycles. The lowest BCUT2D eigenvalue weighted by Crippen LogP contribution is -2.37. The molecule has 0 spiro atoms. The van der Waals surface area contributed by atoms with Crippen LogP contribution in [-0.4, -0.2) is 17.2 Å². The molecule has 0 heterocycles. The first-order valence-corrected chi connectivity index (χ1v) is 7.64. The highest BCUT2D eigenvalue weighted by atomic mass is 16.1. The van der Waals surface area contributed by atoms with E-state index in [0.717, 1.165) is 32.5 Å². The Hall–Kier alpha value is -1.93. The number of carbonyl (C=O) groups excluding carboxylic acids is 1. The van der Waals surface area contributed by atoms with E-state index in [0.29, 0.717) is 5.78 Å². The van der Waals surface area contributed by atoms with Crippen molar-refractivity contribution in [2.45, 2.75) is 25.9 Å². The van der Waals surface area contributed by atoms with Gasteiger partial charge in [0.2, 0.25) is 0 Å². The molecule has 0 amide bonds. The van der Waals surface area contributed by atoms with Crippen LogP contribution >= 0.6 is 0 Å². The molecule has 0 aliphatic heterocycles. The predicted octanol–water partition coefficient (Wildman–Crippen LogP) is 3.67. The van der Waals surface area contributed by atoms with Crippen molar-refractivity contribution in [2.75, 3.05) is 6.54 Å². The average Bonchev–Trinajstić information content (AvgIpc) is 2.53. The van der Waals surface area contributed by atoms with Crippen molar-refractivity contribution in [2.24, 2.45) is 5.92 Å². The molecule has 1 fully saturated rings. The van der Waals surface area contributed by atoms with Gasteiger partial charge in [-0.15, -0.1) is 0 Å². The summed E-state index contributed by atoms with van der Waals surface area (Å²) in [5.74, 6) is 0.679. The van der Waals surface area contributed by atoms with E-state index in [-0.39, 0.29) is 5.92 Å². The Balaban J connectivity index is 1.69. The molecule has 0 N–H and O–H groups in total. The fourth-order valence-corrected chi connectivity index (χ4v) is 2.84. The summed E-state index contributed by atoms with van der Waals surface area (Å²) in [6.45, 7) is 2.68. The van der Waals surface area contributed by atoms with E-state index in [4.69, 9.17) is 0 Å². The molecular formula is C19H21NO. The Morgan fingerprint density at radius 2 is 1.38 bits per heavy atom. The molecule has 2 aromatic rings. The second-order valence-corrected chi connectivity index (χ2v) is 5.84. The smallest absolute Gasteiger partial charge is 0.137 e. The maximum Gasteiger partial charge on any atom is 0.137 e. The van der Waals surface area contributed by atoms with Crippen molar-refractivity contribution in [1.29, 1.82) is 0 Å². The minimum atomic E-state index is 0.248. The molecule has 1 unspecified atom stereocenters. The highest BCUT2D eigenvalue weighted by Gasteiger charge is 2.29. The van der Waals surface area contributed by atoms with Gasteiger partial charge in [-0.3, -0.25) is 9.69 Å². The number of ketones is 1. The summed E-state index contributed by atoms with van der Waals surface area (Å²) in [4.78, 5) is 14.0. The van der Waals surface area contributed by atoms with Crippen LogP contribution in [0, 0.1) is 5.92 Å². The summed E-state index contributed by atoms with van der Waals surface area (Å²) in [6, 6.07) is 21.0. The van der Waals surface area contributed by atoms with Crippen LogP contribution in [-0.2, 0) is 17.9 Å². The summed E-state index contributed by atoms with van der Waals surface area (Å²) in [7, 11) is 0. The average molecular weight is 279 g/mol. The minimum Gasteiger partial charge on any atom is -0.299 e. The molecule has 2 heteroatoms. The first kappa shape index (κ1) is 14.0. The summed E-state index contributed by atoms with van der Waals surface area (Å²) in [6.07, 6.45) is 1.83. The van der Waals surface area contributed by atoms with E-state index >= 15 is 0 Å². The third kappa shape index (κ3) is 3.79. The molecule has 1 aliphatic carbocycles. The topological polar surface area (TPSA) is 20.3 Å². The predicted molar refractivity (Wildman–Crippen MR) is 84.7 cm³/mol. The van der Waals surface area contributed by atoms with Crippen LogP contribution in [0.5, 0.6) is 0 Å². The van der Waals surface area contributed by atoms with E-state index in [9.17, 15) is 4.79 Å². The quantitative estimate of drug-likeness (QED) is 0.804. The molecule has 21 heavy (non-hydrogen) atoms. The van der Waals surface area contributed by atoms with Gasteiger partial charge < -0.3 is 0 Å². The van der Waals surface area contributed by atoms with Crippen LogP contribution in [0.3, 0.4) is 0 Å². The van der Waals surface area contributed by atoms with Crippen LogP contribution in [0.2, 0.25) is 0 Å². The molecule has 0 bridgehead atoms. The molecule has 0 aromatic heterocycles. The summed E-state index contributed by atoms with van der Waals surface area (Å²) in [5, 5.41) is 0. The lowest BCUT2D eigenvalue weighted by molar-refractivity contribution is -0.130. The van der Waals surface area contributed by atoms with Crippen LogP contribution in [0.25, 0.3) is 0 Å². The minimum absolute atomic E-state index is 0.248. The van der Waals surface area contributed by atoms with Gasteiger partial charge in [-0.25, -0.2) is 0 Å². The lowest BCUT2D eigenvalue weighted by Gasteiger charge is -2.31. The van der Waals surface area contributed by atoms with Gasteiger partial charge in [-0.1, -0.05) is 60.7 Å². The number of Topliss-reactive ketones (excluding diaryl/α,β-unsaturated/α-hetero) is 1. The van der Waals surface area contributed by atoms with Gasteiger partial charge in [-0.2, -0.15) is 0 Å². The zero-order chi connectivity index (χ0) is 14.5. The van der Waals surface area contributed by atoms with Gasteiger partial charge in [0.05, 0.1) is 0 Å². The van der Waals surface area contributed by atoms with Gasteiger partial charge in [0.15, 0.2) is 0 Å². The number of benzene rings is 2. The number of carbonyl (C=O) groups is 1. The molecule has 2 aromatic carbocycles. The summed E-state index contributed by atoms with van der Waals surface area (Å²) < 4.78 is 0. The fourth-order valence-electron chi connectivity index (χ4n) is 2.84. The number of hydrogen-bond donors (Lipinski definition) is 0. The number of rotatable bonds is 6. The molecular weight excluding hydrogens is 258 g/mol. The van der Waals surface area contributed by atoms with Crippen molar-refractivity contribution < 1.29 is 4.79 Å². The fraction of sp³-hybridized carbons (Fsp3) is 0.316. The third-order valence-electron chi connectivity index (χ3n) is 4.17. The lowest BCUT2D eigenvalue weighted by atomic mass is 9.83. The third-order valence-corrected chi connectivity index (χ3v) is 4.17. The van der Waals surface area contributed by atoms with Crippen LogP contribution in [0.15, 0.2) is 60.7 Å². The van der Waals surface area contributed by atoms with Crippen molar-refractivity contribution in [3.8, 4) is 0 Å². The number of nitrogens with zero attached hydrogens (tertiary/aromatic N) is 1. The Morgan fingerprint density at radius 1 is 0.857 bits per heavy atom. The Labute approximate surface area is 126 Å². The molecule has 2 nitrogen and oxygen atoms in total. The van der Waals surface area contributed by atoms with Gasteiger partial charge in [0.1, 0.15) is 5.78 Å². The van der Waals surface area contributed by atoms with Gasteiger partial charge in [0, 0.05) is 32.0 Å². The largest absolute Gasteiger partial charge is 0.299 e. The summed E-state index contributed by atoms with van der Waals surface area (Å²) >= 11 is 0. The highest BCUT2D eigenvalue weighted by Crippen LogP contribution is 2.24. The standard InChI is InChI=1S/C19H21NO/c21-19-12-11-18(19)15-20(13-16-7-3-1-4-8-16)14-17-9-5-2-6-10-17/h1-10,18H,11-15H2. The molecule has 0 radical (unpaired) electrons. The SMILES string of the molecule is O=C1CCC1CN(Cc1ccccc1)Cc1ccccc1. The first-order valence-electron chi connectivity index (χ1n) is 7.64. The molecule has 3 rings (SSSR count). The Kier molecular flexibility index (Phi) is 4.46. The van der Waals surface area contributed by atoms with Crippen molar-refractivity contribution >= 4 is 5.78 Å². The highest BCUT2D eigenvalue weighted by molar-refractivity contribution is 5.86. The number of hydrogen-bond acceptors (Lipinski definition) is 2. The van der Waals surface area contributed by atoms with Crippen LogP contribution in [0.1, 0.15) is 24.0 Å².